The number of benzene rings is 2. The summed E-state index contributed by atoms with van der Waals surface area (Å²) in [6, 6.07) is 12.2. The van der Waals surface area contributed by atoms with Gasteiger partial charge in [-0.15, -0.1) is 0 Å². The van der Waals surface area contributed by atoms with Crippen molar-refractivity contribution in [1.82, 2.24) is 0 Å². The van der Waals surface area contributed by atoms with Crippen LogP contribution in [0.15, 0.2) is 65.7 Å². The Morgan fingerprint density at radius 1 is 1.09 bits per heavy atom. The van der Waals surface area contributed by atoms with Gasteiger partial charge in [-0.3, -0.25) is 9.35 Å². The van der Waals surface area contributed by atoms with Gasteiger partial charge in [-0.25, -0.2) is 0 Å². The molecule has 0 unspecified atom stereocenters. The molecule has 120 valence electrons. The third kappa shape index (κ3) is 4.67. The highest BCUT2D eigenvalue weighted by Gasteiger charge is 2.08. The maximum absolute atomic E-state index is 11.9. The molecule has 0 radical (unpaired) electrons. The van der Waals surface area contributed by atoms with Crippen molar-refractivity contribution in [1.29, 1.82) is 0 Å². The van der Waals surface area contributed by atoms with Gasteiger partial charge < -0.3 is 10.1 Å². The predicted octanol–water partition coefficient (Wildman–Crippen LogP) is 2.75. The zero-order chi connectivity index (χ0) is 16.9. The molecule has 0 aliphatic carbocycles. The number of carbonyl (C=O) groups excluding carboxylic acids is 1. The van der Waals surface area contributed by atoms with E-state index in [4.69, 9.17) is 9.29 Å². The largest absolute Gasteiger partial charge is 0.497 e. The Morgan fingerprint density at radius 3 is 2.22 bits per heavy atom. The third-order valence-electron chi connectivity index (χ3n) is 3.01. The second-order valence-electron chi connectivity index (χ2n) is 4.57. The van der Waals surface area contributed by atoms with Crippen molar-refractivity contribution in [2.75, 3.05) is 12.4 Å². The third-order valence-corrected chi connectivity index (χ3v) is 3.88. The van der Waals surface area contributed by atoms with Crippen LogP contribution in [0.2, 0.25) is 0 Å². The molecule has 0 spiro atoms. The van der Waals surface area contributed by atoms with Crippen molar-refractivity contribution in [3.05, 3.63) is 66.4 Å². The van der Waals surface area contributed by atoms with E-state index in [2.05, 4.69) is 5.32 Å². The lowest BCUT2D eigenvalue weighted by atomic mass is 10.1. The molecule has 2 N–H and O–H groups in total. The molecule has 0 saturated carbocycles. The van der Waals surface area contributed by atoms with Crippen LogP contribution in [0, 0.1) is 0 Å². The minimum Gasteiger partial charge on any atom is -0.497 e. The number of ketones is 1. The molecule has 6 nitrogen and oxygen atoms in total. The highest BCUT2D eigenvalue weighted by molar-refractivity contribution is 7.85. The monoisotopic (exact) mass is 333 g/mol. The van der Waals surface area contributed by atoms with Crippen molar-refractivity contribution < 1.29 is 22.5 Å². The average Bonchev–Trinajstić information content (AvgIpc) is 2.54. The number of ether oxygens (including phenoxy) is 1. The maximum Gasteiger partial charge on any atom is 0.294 e. The molecule has 0 aromatic heterocycles. The van der Waals surface area contributed by atoms with E-state index in [1.54, 1.807) is 31.4 Å². The first-order valence-corrected chi connectivity index (χ1v) is 8.03. The summed E-state index contributed by atoms with van der Waals surface area (Å²) in [5.41, 5.74) is 1.10. The Labute approximate surface area is 134 Å². The fourth-order valence-corrected chi connectivity index (χ4v) is 2.27. The molecule has 0 fully saturated rings. The van der Waals surface area contributed by atoms with E-state index >= 15 is 0 Å². The van der Waals surface area contributed by atoms with Gasteiger partial charge in [0.2, 0.25) is 0 Å². The summed E-state index contributed by atoms with van der Waals surface area (Å²) in [6.07, 6.45) is 2.81. The molecule has 2 rings (SSSR count). The number of hydrogen-bond donors (Lipinski definition) is 2. The fraction of sp³-hybridized carbons (Fsp3) is 0.0625. The van der Waals surface area contributed by atoms with Crippen molar-refractivity contribution in [2.45, 2.75) is 4.90 Å². The lowest BCUT2D eigenvalue weighted by Crippen LogP contribution is -1.98. The van der Waals surface area contributed by atoms with Crippen LogP contribution in [0.4, 0.5) is 5.69 Å². The van der Waals surface area contributed by atoms with Gasteiger partial charge in [0.1, 0.15) is 5.75 Å². The topological polar surface area (TPSA) is 92.7 Å². The summed E-state index contributed by atoms with van der Waals surface area (Å²) in [5.74, 6) is 0.484. The van der Waals surface area contributed by atoms with E-state index in [1.165, 1.54) is 36.5 Å². The van der Waals surface area contributed by atoms with Crippen molar-refractivity contribution in [3.63, 3.8) is 0 Å². The molecule has 7 heteroatoms. The van der Waals surface area contributed by atoms with Gasteiger partial charge >= 0.3 is 0 Å². The van der Waals surface area contributed by atoms with Gasteiger partial charge in [0.25, 0.3) is 10.1 Å². The summed E-state index contributed by atoms with van der Waals surface area (Å²) in [4.78, 5) is 11.7. The first-order valence-electron chi connectivity index (χ1n) is 6.59. The van der Waals surface area contributed by atoms with E-state index in [-0.39, 0.29) is 10.7 Å². The summed E-state index contributed by atoms with van der Waals surface area (Å²) < 4.78 is 35.7. The quantitative estimate of drug-likeness (QED) is 0.480. The van der Waals surface area contributed by atoms with Crippen LogP contribution in [-0.2, 0) is 10.1 Å². The Morgan fingerprint density at radius 2 is 1.70 bits per heavy atom. The highest BCUT2D eigenvalue weighted by atomic mass is 32.2. The van der Waals surface area contributed by atoms with Crippen LogP contribution in [0.25, 0.3) is 0 Å². The number of rotatable bonds is 6. The van der Waals surface area contributed by atoms with Gasteiger partial charge in [0.15, 0.2) is 5.78 Å². The van der Waals surface area contributed by atoms with E-state index in [9.17, 15) is 13.2 Å². The second kappa shape index (κ2) is 7.08. The number of nitrogens with one attached hydrogen (secondary N) is 1. The maximum atomic E-state index is 11.9. The number of anilines is 1. The predicted molar refractivity (Wildman–Crippen MR) is 86.3 cm³/mol. The Balaban J connectivity index is 1.99. The van der Waals surface area contributed by atoms with Crippen molar-refractivity contribution in [2.24, 2.45) is 0 Å². The van der Waals surface area contributed by atoms with Crippen LogP contribution in [0.1, 0.15) is 10.4 Å². The molecule has 0 aliphatic rings. The normalized spacial score (nSPS) is 11.4. The molecule has 2 aromatic rings. The lowest BCUT2D eigenvalue weighted by molar-refractivity contribution is 0.104. The van der Waals surface area contributed by atoms with E-state index in [0.29, 0.717) is 17.0 Å². The van der Waals surface area contributed by atoms with Crippen LogP contribution in [-0.4, -0.2) is 25.9 Å². The number of methoxy groups -OCH3 is 1. The number of carbonyl (C=O) groups is 1. The van der Waals surface area contributed by atoms with E-state index < -0.39 is 10.1 Å². The Hall–Kier alpha value is -2.64. The average molecular weight is 333 g/mol. The highest BCUT2D eigenvalue weighted by Crippen LogP contribution is 2.14. The number of allylic oxidation sites excluding steroid dienone is 1. The lowest BCUT2D eigenvalue weighted by Gasteiger charge is -2.02. The second-order valence-corrected chi connectivity index (χ2v) is 5.99. The van der Waals surface area contributed by atoms with Crippen LogP contribution in [0.3, 0.4) is 0 Å². The van der Waals surface area contributed by atoms with Gasteiger partial charge in [0, 0.05) is 23.5 Å². The molecule has 0 bridgehead atoms. The van der Waals surface area contributed by atoms with Crippen molar-refractivity contribution >= 4 is 21.6 Å². The zero-order valence-corrected chi connectivity index (χ0v) is 13.1. The molecule has 0 atom stereocenters. The smallest absolute Gasteiger partial charge is 0.294 e. The molecule has 0 saturated heterocycles. The standard InChI is InChI=1S/C16H15NO5S/c1-22-14-6-2-12(3-7-14)16(18)10-11-17-13-4-8-15(9-5-13)23(19,20)21/h2-11,17H,1H3,(H,19,20,21)/b11-10+. The molecule has 0 aliphatic heterocycles. The fourth-order valence-electron chi connectivity index (χ4n) is 1.79. The summed E-state index contributed by atoms with van der Waals surface area (Å²) in [7, 11) is -2.66. The molecule has 0 amide bonds. The Bertz CT molecular complexity index is 809. The van der Waals surface area contributed by atoms with E-state index in [1.807, 2.05) is 0 Å². The van der Waals surface area contributed by atoms with Gasteiger partial charge in [-0.1, -0.05) is 0 Å². The molecule has 2 aromatic carbocycles. The first-order chi connectivity index (χ1) is 10.9. The minimum atomic E-state index is -4.21. The SMILES string of the molecule is COc1ccc(C(=O)/C=C/Nc2ccc(S(=O)(=O)O)cc2)cc1. The summed E-state index contributed by atoms with van der Waals surface area (Å²) in [6.45, 7) is 0. The van der Waals surface area contributed by atoms with Gasteiger partial charge in [0.05, 0.1) is 12.0 Å². The van der Waals surface area contributed by atoms with Gasteiger partial charge in [-0.2, -0.15) is 8.42 Å². The summed E-state index contributed by atoms with van der Waals surface area (Å²) >= 11 is 0. The summed E-state index contributed by atoms with van der Waals surface area (Å²) in [5, 5.41) is 2.84. The first kappa shape index (κ1) is 16.7. The molecule has 0 heterocycles. The Kier molecular flexibility index (Phi) is 5.15. The van der Waals surface area contributed by atoms with Gasteiger partial charge in [-0.05, 0) is 48.5 Å². The minimum absolute atomic E-state index is 0.185. The van der Waals surface area contributed by atoms with Crippen LogP contribution in [0.5, 0.6) is 5.75 Å². The number of hydrogen-bond acceptors (Lipinski definition) is 5. The van der Waals surface area contributed by atoms with E-state index in [0.717, 1.165) is 0 Å². The van der Waals surface area contributed by atoms with Crippen LogP contribution >= 0.6 is 0 Å². The molecular weight excluding hydrogens is 318 g/mol. The van der Waals surface area contributed by atoms with Crippen molar-refractivity contribution in [3.8, 4) is 5.75 Å². The zero-order valence-electron chi connectivity index (χ0n) is 12.3. The molecule has 23 heavy (non-hydrogen) atoms. The van der Waals surface area contributed by atoms with Crippen LogP contribution < -0.4 is 10.1 Å². The molecular formula is C16H15NO5S.